The molecule has 1 aliphatic rings. The SMILES string of the molecule is O=C(c1cncc(Nc2ccc(F)cc2)c1)N1CCCc2ccccc21. The van der Waals surface area contributed by atoms with Crippen molar-refractivity contribution in [3.63, 3.8) is 0 Å². The molecule has 0 unspecified atom stereocenters. The molecule has 4 nitrogen and oxygen atoms in total. The summed E-state index contributed by atoms with van der Waals surface area (Å²) in [6.45, 7) is 0.700. The van der Waals surface area contributed by atoms with E-state index in [4.69, 9.17) is 0 Å². The summed E-state index contributed by atoms with van der Waals surface area (Å²) < 4.78 is 13.0. The maximum atomic E-state index is 13.0. The van der Waals surface area contributed by atoms with Crippen LogP contribution in [-0.4, -0.2) is 17.4 Å². The second-order valence-electron chi connectivity index (χ2n) is 6.28. The Morgan fingerprint density at radius 1 is 1.04 bits per heavy atom. The van der Waals surface area contributed by atoms with Crippen LogP contribution in [0.4, 0.5) is 21.5 Å². The van der Waals surface area contributed by atoms with E-state index in [0.717, 1.165) is 24.2 Å². The van der Waals surface area contributed by atoms with E-state index >= 15 is 0 Å². The molecule has 0 fully saturated rings. The predicted octanol–water partition coefficient (Wildman–Crippen LogP) is 4.56. The number of para-hydroxylation sites is 1. The van der Waals surface area contributed by atoms with Crippen molar-refractivity contribution in [1.82, 2.24) is 4.98 Å². The summed E-state index contributed by atoms with van der Waals surface area (Å²) in [6.07, 6.45) is 5.16. The first-order valence-corrected chi connectivity index (χ1v) is 8.58. The zero-order valence-corrected chi connectivity index (χ0v) is 14.2. The second-order valence-corrected chi connectivity index (χ2v) is 6.28. The number of aromatic nitrogens is 1. The van der Waals surface area contributed by atoms with Gasteiger partial charge in [-0.3, -0.25) is 9.78 Å². The summed E-state index contributed by atoms with van der Waals surface area (Å²) in [4.78, 5) is 19.0. The number of carbonyl (C=O) groups is 1. The first-order chi connectivity index (χ1) is 12.7. The van der Waals surface area contributed by atoms with E-state index in [9.17, 15) is 9.18 Å². The number of hydrogen-bond donors (Lipinski definition) is 1. The molecule has 1 N–H and O–H groups in total. The van der Waals surface area contributed by atoms with Gasteiger partial charge in [0.15, 0.2) is 0 Å². The summed E-state index contributed by atoms with van der Waals surface area (Å²) in [5, 5.41) is 3.15. The maximum Gasteiger partial charge on any atom is 0.259 e. The highest BCUT2D eigenvalue weighted by Crippen LogP contribution is 2.28. The van der Waals surface area contributed by atoms with Gasteiger partial charge in [-0.1, -0.05) is 18.2 Å². The molecular formula is C21H18FN3O. The number of rotatable bonds is 3. The first-order valence-electron chi connectivity index (χ1n) is 8.58. The van der Waals surface area contributed by atoms with Crippen molar-refractivity contribution < 1.29 is 9.18 Å². The molecule has 1 aromatic heterocycles. The van der Waals surface area contributed by atoms with Crippen LogP contribution in [-0.2, 0) is 6.42 Å². The Labute approximate surface area is 151 Å². The molecule has 26 heavy (non-hydrogen) atoms. The number of aryl methyl sites for hydroxylation is 1. The number of carbonyl (C=O) groups excluding carboxylic acids is 1. The van der Waals surface area contributed by atoms with Gasteiger partial charge in [-0.25, -0.2) is 4.39 Å². The number of halogens is 1. The van der Waals surface area contributed by atoms with E-state index in [1.165, 1.54) is 17.7 Å². The van der Waals surface area contributed by atoms with Crippen LogP contribution in [0.15, 0.2) is 67.0 Å². The van der Waals surface area contributed by atoms with Crippen molar-refractivity contribution >= 4 is 23.0 Å². The van der Waals surface area contributed by atoms with Gasteiger partial charge in [0.25, 0.3) is 5.91 Å². The minimum absolute atomic E-state index is 0.0626. The van der Waals surface area contributed by atoms with Gasteiger partial charge >= 0.3 is 0 Å². The zero-order valence-electron chi connectivity index (χ0n) is 14.2. The van der Waals surface area contributed by atoms with Crippen molar-refractivity contribution in [2.45, 2.75) is 12.8 Å². The molecular weight excluding hydrogens is 329 g/mol. The molecule has 0 aliphatic carbocycles. The Morgan fingerprint density at radius 2 is 1.85 bits per heavy atom. The van der Waals surface area contributed by atoms with Gasteiger partial charge in [0.05, 0.1) is 17.4 Å². The Morgan fingerprint density at radius 3 is 2.69 bits per heavy atom. The van der Waals surface area contributed by atoms with Crippen LogP contribution in [0.3, 0.4) is 0 Å². The summed E-state index contributed by atoms with van der Waals surface area (Å²) in [5.74, 6) is -0.353. The van der Waals surface area contributed by atoms with Crippen LogP contribution in [0.25, 0.3) is 0 Å². The van der Waals surface area contributed by atoms with Gasteiger partial charge < -0.3 is 10.2 Å². The average molecular weight is 347 g/mol. The molecule has 0 radical (unpaired) electrons. The maximum absolute atomic E-state index is 13.0. The van der Waals surface area contributed by atoms with E-state index in [1.807, 2.05) is 23.1 Å². The second kappa shape index (κ2) is 6.96. The number of amides is 1. The lowest BCUT2D eigenvalue weighted by molar-refractivity contribution is 0.0985. The molecule has 0 bridgehead atoms. The zero-order chi connectivity index (χ0) is 17.9. The molecule has 0 saturated heterocycles. The largest absolute Gasteiger partial charge is 0.354 e. The van der Waals surface area contributed by atoms with Gasteiger partial charge in [0.2, 0.25) is 0 Å². The fraction of sp³-hybridized carbons (Fsp3) is 0.143. The van der Waals surface area contributed by atoms with Crippen LogP contribution in [0.2, 0.25) is 0 Å². The fourth-order valence-electron chi connectivity index (χ4n) is 3.23. The lowest BCUT2D eigenvalue weighted by atomic mass is 10.0. The summed E-state index contributed by atoms with van der Waals surface area (Å²) in [5.41, 5.74) is 4.11. The number of nitrogens with one attached hydrogen (secondary N) is 1. The molecule has 0 spiro atoms. The van der Waals surface area contributed by atoms with Crippen LogP contribution >= 0.6 is 0 Å². The average Bonchev–Trinajstić information content (AvgIpc) is 2.69. The molecule has 130 valence electrons. The summed E-state index contributed by atoms with van der Waals surface area (Å²) in [7, 11) is 0. The number of anilines is 3. The molecule has 4 rings (SSSR count). The highest BCUT2D eigenvalue weighted by atomic mass is 19.1. The van der Waals surface area contributed by atoms with Crippen molar-refractivity contribution in [2.75, 3.05) is 16.8 Å². The molecule has 2 heterocycles. The fourth-order valence-corrected chi connectivity index (χ4v) is 3.23. The Balaban J connectivity index is 1.59. The van der Waals surface area contributed by atoms with Crippen LogP contribution < -0.4 is 10.2 Å². The van der Waals surface area contributed by atoms with Crippen molar-refractivity contribution in [3.05, 3.63) is 83.9 Å². The molecule has 1 amide bonds. The van der Waals surface area contributed by atoms with Gasteiger partial charge in [-0.15, -0.1) is 0 Å². The number of pyridine rings is 1. The smallest absolute Gasteiger partial charge is 0.259 e. The quantitative estimate of drug-likeness (QED) is 0.755. The van der Waals surface area contributed by atoms with E-state index in [1.54, 1.807) is 30.6 Å². The molecule has 3 aromatic rings. The minimum atomic E-state index is -0.290. The van der Waals surface area contributed by atoms with E-state index < -0.39 is 0 Å². The van der Waals surface area contributed by atoms with Crippen molar-refractivity contribution in [3.8, 4) is 0 Å². The lowest BCUT2D eigenvalue weighted by Gasteiger charge is -2.29. The third kappa shape index (κ3) is 3.28. The van der Waals surface area contributed by atoms with E-state index in [0.29, 0.717) is 17.8 Å². The van der Waals surface area contributed by atoms with Crippen LogP contribution in [0.1, 0.15) is 22.3 Å². The monoisotopic (exact) mass is 347 g/mol. The van der Waals surface area contributed by atoms with Gasteiger partial charge in [-0.2, -0.15) is 0 Å². The third-order valence-electron chi connectivity index (χ3n) is 4.47. The predicted molar refractivity (Wildman–Crippen MR) is 100 cm³/mol. The van der Waals surface area contributed by atoms with Crippen molar-refractivity contribution in [2.24, 2.45) is 0 Å². The Bertz CT molecular complexity index is 940. The number of nitrogens with zero attached hydrogens (tertiary/aromatic N) is 2. The molecule has 0 atom stereocenters. The lowest BCUT2D eigenvalue weighted by Crippen LogP contribution is -2.35. The standard InChI is InChI=1S/C21H18FN3O/c22-17-7-9-18(10-8-17)24-19-12-16(13-23-14-19)21(26)25-11-3-5-15-4-1-2-6-20(15)25/h1-2,4,6-10,12-14,24H,3,5,11H2. The highest BCUT2D eigenvalue weighted by molar-refractivity contribution is 6.07. The molecule has 2 aromatic carbocycles. The molecule has 0 saturated carbocycles. The normalized spacial score (nSPS) is 13.2. The molecule has 1 aliphatic heterocycles. The first kappa shape index (κ1) is 16.3. The van der Waals surface area contributed by atoms with Crippen LogP contribution in [0.5, 0.6) is 0 Å². The van der Waals surface area contributed by atoms with Crippen LogP contribution in [0, 0.1) is 5.82 Å². The van der Waals surface area contributed by atoms with Gasteiger partial charge in [-0.05, 0) is 54.8 Å². The van der Waals surface area contributed by atoms with E-state index in [2.05, 4.69) is 16.4 Å². The minimum Gasteiger partial charge on any atom is -0.354 e. The topological polar surface area (TPSA) is 45.2 Å². The summed E-state index contributed by atoms with van der Waals surface area (Å²) >= 11 is 0. The highest BCUT2D eigenvalue weighted by Gasteiger charge is 2.23. The summed E-state index contributed by atoms with van der Waals surface area (Å²) in [6, 6.07) is 15.8. The molecule has 5 heteroatoms. The van der Waals surface area contributed by atoms with Gasteiger partial charge in [0.1, 0.15) is 5.82 Å². The van der Waals surface area contributed by atoms with E-state index in [-0.39, 0.29) is 11.7 Å². The number of hydrogen-bond acceptors (Lipinski definition) is 3. The Kier molecular flexibility index (Phi) is 4.35. The van der Waals surface area contributed by atoms with Gasteiger partial charge in [0, 0.05) is 24.1 Å². The van der Waals surface area contributed by atoms with Crippen molar-refractivity contribution in [1.29, 1.82) is 0 Å². The number of fused-ring (bicyclic) bond motifs is 1. The third-order valence-corrected chi connectivity index (χ3v) is 4.47. The number of benzene rings is 2. The Hall–Kier alpha value is -3.21.